The Bertz CT molecular complexity index is 718. The molecule has 6 heteroatoms. The molecule has 1 aromatic carbocycles. The fourth-order valence-electron chi connectivity index (χ4n) is 2.95. The maximum absolute atomic E-state index is 12.7. The zero-order chi connectivity index (χ0) is 17.1. The van der Waals surface area contributed by atoms with Crippen LogP contribution in [-0.4, -0.2) is 57.6 Å². The van der Waals surface area contributed by atoms with E-state index in [0.29, 0.717) is 26.2 Å². The third-order valence-corrected chi connectivity index (χ3v) is 4.50. The zero-order valence-corrected chi connectivity index (χ0v) is 14.1. The average Bonchev–Trinajstić information content (AvgIpc) is 3.11. The summed E-state index contributed by atoms with van der Waals surface area (Å²) in [6, 6.07) is 9.63. The van der Waals surface area contributed by atoms with Crippen LogP contribution < -0.4 is 0 Å². The highest BCUT2D eigenvalue weighted by Gasteiger charge is 2.27. The molecule has 2 heterocycles. The first-order valence-corrected chi connectivity index (χ1v) is 8.20. The van der Waals surface area contributed by atoms with Crippen LogP contribution in [0.2, 0.25) is 0 Å². The Labute approximate surface area is 141 Å². The number of hydrogen-bond acceptors (Lipinski definition) is 3. The number of rotatable bonds is 3. The van der Waals surface area contributed by atoms with Gasteiger partial charge in [0.1, 0.15) is 6.04 Å². The van der Waals surface area contributed by atoms with Gasteiger partial charge in [0.25, 0.3) is 0 Å². The average molecular weight is 326 g/mol. The van der Waals surface area contributed by atoms with Gasteiger partial charge in [-0.05, 0) is 12.5 Å². The number of aromatic nitrogens is 2. The summed E-state index contributed by atoms with van der Waals surface area (Å²) < 4.78 is 1.71. The number of carbonyl (C=O) groups is 2. The van der Waals surface area contributed by atoms with Crippen molar-refractivity contribution in [1.82, 2.24) is 19.6 Å². The lowest BCUT2D eigenvalue weighted by molar-refractivity contribution is -0.140. The minimum atomic E-state index is -0.355. The van der Waals surface area contributed by atoms with E-state index in [0.717, 1.165) is 11.1 Å². The van der Waals surface area contributed by atoms with E-state index >= 15 is 0 Å². The maximum atomic E-state index is 12.7. The summed E-state index contributed by atoms with van der Waals surface area (Å²) in [4.78, 5) is 27.6. The fourth-order valence-corrected chi connectivity index (χ4v) is 2.95. The molecule has 2 amide bonds. The molecule has 1 unspecified atom stereocenters. The van der Waals surface area contributed by atoms with Crippen molar-refractivity contribution in [3.63, 3.8) is 0 Å². The molecule has 0 spiro atoms. The maximum Gasteiger partial charge on any atom is 0.247 e. The lowest BCUT2D eigenvalue weighted by Crippen LogP contribution is -2.51. The lowest BCUT2D eigenvalue weighted by atomic mass is 10.1. The molecular formula is C18H22N4O2. The van der Waals surface area contributed by atoms with Crippen LogP contribution in [0.5, 0.6) is 0 Å². The van der Waals surface area contributed by atoms with Crippen LogP contribution in [0.1, 0.15) is 19.9 Å². The Morgan fingerprint density at radius 2 is 1.62 bits per heavy atom. The summed E-state index contributed by atoms with van der Waals surface area (Å²) >= 11 is 0. The van der Waals surface area contributed by atoms with Gasteiger partial charge in [0.05, 0.1) is 6.20 Å². The van der Waals surface area contributed by atoms with E-state index in [1.807, 2.05) is 48.4 Å². The molecule has 1 aromatic heterocycles. The third kappa shape index (κ3) is 3.32. The number of amides is 2. The molecule has 0 radical (unpaired) electrons. The normalized spacial score (nSPS) is 16.1. The SMILES string of the molecule is CC(=O)N1CCN(C(=O)C(C)n2cc(-c3ccccc3)cn2)CC1. The van der Waals surface area contributed by atoms with Gasteiger partial charge < -0.3 is 9.80 Å². The van der Waals surface area contributed by atoms with Crippen molar-refractivity contribution in [2.75, 3.05) is 26.2 Å². The third-order valence-electron chi connectivity index (χ3n) is 4.50. The summed E-state index contributed by atoms with van der Waals surface area (Å²) in [5.74, 6) is 0.107. The van der Waals surface area contributed by atoms with Crippen molar-refractivity contribution < 1.29 is 9.59 Å². The Balaban J connectivity index is 1.66. The Hall–Kier alpha value is -2.63. The molecule has 1 atom stereocenters. The molecular weight excluding hydrogens is 304 g/mol. The quantitative estimate of drug-likeness (QED) is 0.864. The van der Waals surface area contributed by atoms with Crippen LogP contribution in [0.25, 0.3) is 11.1 Å². The van der Waals surface area contributed by atoms with E-state index in [-0.39, 0.29) is 17.9 Å². The minimum absolute atomic E-state index is 0.0425. The molecule has 1 fully saturated rings. The van der Waals surface area contributed by atoms with Crippen LogP contribution >= 0.6 is 0 Å². The first kappa shape index (κ1) is 16.2. The highest BCUT2D eigenvalue weighted by atomic mass is 16.2. The van der Waals surface area contributed by atoms with Crippen molar-refractivity contribution in [2.45, 2.75) is 19.9 Å². The molecule has 0 aliphatic carbocycles. The monoisotopic (exact) mass is 326 g/mol. The number of carbonyl (C=O) groups excluding carboxylic acids is 2. The van der Waals surface area contributed by atoms with Crippen LogP contribution in [0, 0.1) is 0 Å². The molecule has 126 valence electrons. The van der Waals surface area contributed by atoms with Crippen LogP contribution in [0.15, 0.2) is 42.7 Å². The largest absolute Gasteiger partial charge is 0.339 e. The predicted molar refractivity (Wildman–Crippen MR) is 91.2 cm³/mol. The Morgan fingerprint density at radius 1 is 1.00 bits per heavy atom. The second-order valence-electron chi connectivity index (χ2n) is 6.08. The van der Waals surface area contributed by atoms with E-state index < -0.39 is 0 Å². The van der Waals surface area contributed by atoms with Crippen molar-refractivity contribution in [3.05, 3.63) is 42.7 Å². The molecule has 0 saturated carbocycles. The second kappa shape index (κ2) is 6.86. The highest BCUT2D eigenvalue weighted by molar-refractivity contribution is 5.81. The van der Waals surface area contributed by atoms with Gasteiger partial charge in [-0.2, -0.15) is 5.10 Å². The molecule has 24 heavy (non-hydrogen) atoms. The van der Waals surface area contributed by atoms with Gasteiger partial charge >= 0.3 is 0 Å². The smallest absolute Gasteiger partial charge is 0.247 e. The van der Waals surface area contributed by atoms with Gasteiger partial charge in [-0.1, -0.05) is 30.3 Å². The fraction of sp³-hybridized carbons (Fsp3) is 0.389. The molecule has 0 N–H and O–H groups in total. The first-order chi connectivity index (χ1) is 11.6. The van der Waals surface area contributed by atoms with Gasteiger partial charge in [-0.25, -0.2) is 0 Å². The van der Waals surface area contributed by atoms with E-state index in [1.165, 1.54) is 0 Å². The second-order valence-corrected chi connectivity index (χ2v) is 6.08. The zero-order valence-electron chi connectivity index (χ0n) is 14.1. The number of benzene rings is 1. The van der Waals surface area contributed by atoms with Gasteiger partial charge in [0.2, 0.25) is 11.8 Å². The van der Waals surface area contributed by atoms with Gasteiger partial charge in [0.15, 0.2) is 0 Å². The van der Waals surface area contributed by atoms with Crippen LogP contribution in [0.4, 0.5) is 0 Å². The number of piperazine rings is 1. The minimum Gasteiger partial charge on any atom is -0.339 e. The molecule has 1 aliphatic heterocycles. The summed E-state index contributed by atoms with van der Waals surface area (Å²) in [6.07, 6.45) is 3.69. The van der Waals surface area contributed by atoms with Crippen LogP contribution in [-0.2, 0) is 9.59 Å². The van der Waals surface area contributed by atoms with Gasteiger partial charge in [-0.3, -0.25) is 14.3 Å². The van der Waals surface area contributed by atoms with Crippen molar-refractivity contribution >= 4 is 11.8 Å². The van der Waals surface area contributed by atoms with Crippen LogP contribution in [0.3, 0.4) is 0 Å². The van der Waals surface area contributed by atoms with Crippen molar-refractivity contribution in [2.24, 2.45) is 0 Å². The summed E-state index contributed by atoms with van der Waals surface area (Å²) in [5, 5.41) is 4.36. The molecule has 6 nitrogen and oxygen atoms in total. The Morgan fingerprint density at radius 3 is 2.25 bits per heavy atom. The molecule has 1 saturated heterocycles. The topological polar surface area (TPSA) is 58.4 Å². The molecule has 3 rings (SSSR count). The highest BCUT2D eigenvalue weighted by Crippen LogP contribution is 2.20. The summed E-state index contributed by atoms with van der Waals surface area (Å²) in [6.45, 7) is 5.78. The van der Waals surface area contributed by atoms with Crippen molar-refractivity contribution in [1.29, 1.82) is 0 Å². The van der Waals surface area contributed by atoms with Crippen molar-refractivity contribution in [3.8, 4) is 11.1 Å². The van der Waals surface area contributed by atoms with Gasteiger partial charge in [0, 0.05) is 44.9 Å². The van der Waals surface area contributed by atoms with E-state index in [4.69, 9.17) is 0 Å². The van der Waals surface area contributed by atoms with E-state index in [9.17, 15) is 9.59 Å². The summed E-state index contributed by atoms with van der Waals surface area (Å²) in [7, 11) is 0. The molecule has 1 aliphatic rings. The summed E-state index contributed by atoms with van der Waals surface area (Å²) in [5.41, 5.74) is 2.08. The van der Waals surface area contributed by atoms with Gasteiger partial charge in [-0.15, -0.1) is 0 Å². The lowest BCUT2D eigenvalue weighted by Gasteiger charge is -2.35. The Kier molecular flexibility index (Phi) is 4.64. The molecule has 0 bridgehead atoms. The standard InChI is InChI=1S/C18H22N4O2/c1-14(18(24)21-10-8-20(9-11-21)15(2)23)22-13-17(12-19-22)16-6-4-3-5-7-16/h3-7,12-14H,8-11H2,1-2H3. The van der Waals surface area contributed by atoms with E-state index in [1.54, 1.807) is 22.7 Å². The predicted octanol–water partition coefficient (Wildman–Crippen LogP) is 1.80. The molecule has 2 aromatic rings. The number of nitrogens with zero attached hydrogens (tertiary/aromatic N) is 4. The number of hydrogen-bond donors (Lipinski definition) is 0. The first-order valence-electron chi connectivity index (χ1n) is 8.20. The van der Waals surface area contributed by atoms with E-state index in [2.05, 4.69) is 5.10 Å².